The minimum atomic E-state index is -0.625. The molecule has 3 aromatic rings. The number of nitrogens with one attached hydrogen (secondary N) is 2. The molecule has 1 saturated heterocycles. The van der Waals surface area contributed by atoms with Crippen molar-refractivity contribution in [3.05, 3.63) is 88.4 Å². The fraction of sp³-hybridized carbons (Fsp3) is 0.0769. The molecule has 0 radical (unpaired) electrons. The molecule has 3 amide bonds. The van der Waals surface area contributed by atoms with E-state index in [9.17, 15) is 14.4 Å². The van der Waals surface area contributed by atoms with E-state index in [0.717, 1.165) is 0 Å². The molecule has 3 aromatic carbocycles. The van der Waals surface area contributed by atoms with Crippen LogP contribution >= 0.6 is 28.1 Å². The number of para-hydroxylation sites is 1. The third-order valence-electron chi connectivity index (χ3n) is 5.12. The summed E-state index contributed by atoms with van der Waals surface area (Å²) in [6.07, 6.45) is 1.41. The minimum absolute atomic E-state index is 0.00531. The number of halogens is 1. The molecule has 36 heavy (non-hydrogen) atoms. The molecular weight excluding hydrogens is 546 g/mol. The number of amides is 3. The maximum absolute atomic E-state index is 13.2. The van der Waals surface area contributed by atoms with Gasteiger partial charge in [0.2, 0.25) is 0 Å². The van der Waals surface area contributed by atoms with E-state index < -0.39 is 11.8 Å². The monoisotopic (exact) mass is 565 g/mol. The molecule has 1 heterocycles. The SMILES string of the molecule is COc1ccc(NC(=O)COc2ccc(Br)cc2/C=C2/C(=O)NC(=S)N(c3ccccc3)C2=O)cc1. The van der Waals surface area contributed by atoms with Crippen molar-refractivity contribution in [1.82, 2.24) is 5.32 Å². The summed E-state index contributed by atoms with van der Waals surface area (Å²) in [4.78, 5) is 39.6. The average Bonchev–Trinajstić information content (AvgIpc) is 2.87. The van der Waals surface area contributed by atoms with Crippen LogP contribution in [0.1, 0.15) is 5.56 Å². The van der Waals surface area contributed by atoms with Gasteiger partial charge >= 0.3 is 0 Å². The number of thiocarbonyl (C=S) groups is 1. The van der Waals surface area contributed by atoms with Crippen molar-refractivity contribution in [2.24, 2.45) is 0 Å². The van der Waals surface area contributed by atoms with E-state index in [1.807, 2.05) is 6.07 Å². The molecular formula is C26H20BrN3O5S. The normalized spacial score (nSPS) is 14.4. The van der Waals surface area contributed by atoms with E-state index >= 15 is 0 Å². The zero-order valence-corrected chi connectivity index (χ0v) is 21.4. The van der Waals surface area contributed by atoms with E-state index in [1.54, 1.807) is 73.8 Å². The van der Waals surface area contributed by atoms with Crippen LogP contribution in [0.4, 0.5) is 11.4 Å². The van der Waals surface area contributed by atoms with Gasteiger partial charge in [-0.25, -0.2) is 0 Å². The van der Waals surface area contributed by atoms with Crippen molar-refractivity contribution < 1.29 is 23.9 Å². The number of methoxy groups -OCH3 is 1. The maximum atomic E-state index is 13.2. The summed E-state index contributed by atoms with van der Waals surface area (Å²) >= 11 is 8.62. The first-order chi connectivity index (χ1) is 17.4. The first-order valence-electron chi connectivity index (χ1n) is 10.7. The lowest BCUT2D eigenvalue weighted by atomic mass is 10.1. The van der Waals surface area contributed by atoms with E-state index in [0.29, 0.717) is 32.9 Å². The van der Waals surface area contributed by atoms with Gasteiger partial charge in [-0.3, -0.25) is 24.6 Å². The van der Waals surface area contributed by atoms with Crippen LogP contribution in [0.3, 0.4) is 0 Å². The Bertz CT molecular complexity index is 1360. The quantitative estimate of drug-likeness (QED) is 0.252. The van der Waals surface area contributed by atoms with Crippen LogP contribution in [0, 0.1) is 0 Å². The van der Waals surface area contributed by atoms with E-state index in [2.05, 4.69) is 26.6 Å². The Morgan fingerprint density at radius 2 is 1.81 bits per heavy atom. The summed E-state index contributed by atoms with van der Waals surface area (Å²) in [5.74, 6) is -0.590. The standard InChI is InChI=1S/C26H20BrN3O5S/c1-34-20-10-8-18(9-11-20)28-23(31)15-35-22-12-7-17(27)13-16(22)14-21-24(32)29-26(36)30(25(21)33)19-5-3-2-4-6-19/h2-14H,15H2,1H3,(H,28,31)(H,29,32,36)/b21-14-. The third-order valence-corrected chi connectivity index (χ3v) is 5.90. The summed E-state index contributed by atoms with van der Waals surface area (Å²) in [7, 11) is 1.56. The van der Waals surface area contributed by atoms with Gasteiger partial charge in [0.15, 0.2) is 11.7 Å². The molecule has 1 fully saturated rings. The molecule has 10 heteroatoms. The Hall–Kier alpha value is -4.02. The highest BCUT2D eigenvalue weighted by Crippen LogP contribution is 2.28. The summed E-state index contributed by atoms with van der Waals surface area (Å²) < 4.78 is 11.5. The molecule has 1 aliphatic rings. The average molecular weight is 566 g/mol. The van der Waals surface area contributed by atoms with Crippen LogP contribution in [0.15, 0.2) is 82.8 Å². The lowest BCUT2D eigenvalue weighted by Crippen LogP contribution is -2.54. The van der Waals surface area contributed by atoms with Gasteiger partial charge < -0.3 is 14.8 Å². The first kappa shape index (κ1) is 25.1. The highest BCUT2D eigenvalue weighted by molar-refractivity contribution is 9.10. The Morgan fingerprint density at radius 3 is 2.50 bits per heavy atom. The molecule has 2 N–H and O–H groups in total. The second-order valence-electron chi connectivity index (χ2n) is 7.54. The first-order valence-corrected chi connectivity index (χ1v) is 11.9. The van der Waals surface area contributed by atoms with Crippen LogP contribution in [0.2, 0.25) is 0 Å². The number of carbonyl (C=O) groups excluding carboxylic acids is 3. The van der Waals surface area contributed by atoms with Crippen LogP contribution in [0.25, 0.3) is 6.08 Å². The number of hydrogen-bond acceptors (Lipinski definition) is 6. The fourth-order valence-corrected chi connectivity index (χ4v) is 4.06. The van der Waals surface area contributed by atoms with Crippen LogP contribution < -0.4 is 25.0 Å². The van der Waals surface area contributed by atoms with Gasteiger partial charge in [0, 0.05) is 15.7 Å². The van der Waals surface area contributed by atoms with Crippen molar-refractivity contribution in [2.45, 2.75) is 0 Å². The van der Waals surface area contributed by atoms with Gasteiger partial charge in [0.25, 0.3) is 17.7 Å². The topological polar surface area (TPSA) is 97.0 Å². The Morgan fingerprint density at radius 1 is 1.08 bits per heavy atom. The number of carbonyl (C=O) groups is 3. The van der Waals surface area contributed by atoms with Crippen molar-refractivity contribution in [1.29, 1.82) is 0 Å². The summed E-state index contributed by atoms with van der Waals surface area (Å²) in [6, 6.07) is 20.7. The van der Waals surface area contributed by atoms with Crippen LogP contribution in [0.5, 0.6) is 11.5 Å². The molecule has 1 aliphatic heterocycles. The number of anilines is 2. The summed E-state index contributed by atoms with van der Waals surface area (Å²) in [6.45, 7) is -0.287. The number of rotatable bonds is 7. The maximum Gasteiger partial charge on any atom is 0.270 e. The molecule has 4 rings (SSSR count). The van der Waals surface area contributed by atoms with Gasteiger partial charge in [-0.1, -0.05) is 34.1 Å². The van der Waals surface area contributed by atoms with Crippen molar-refractivity contribution >= 4 is 68.4 Å². The lowest BCUT2D eigenvalue weighted by molar-refractivity contribution is -0.122. The van der Waals surface area contributed by atoms with E-state index in [1.165, 1.54) is 11.0 Å². The third kappa shape index (κ3) is 5.78. The Balaban J connectivity index is 1.54. The molecule has 0 aromatic heterocycles. The van der Waals surface area contributed by atoms with Gasteiger partial charge in [-0.15, -0.1) is 0 Å². The molecule has 0 saturated carbocycles. The van der Waals surface area contributed by atoms with Crippen LogP contribution in [-0.4, -0.2) is 36.6 Å². The molecule has 0 atom stereocenters. The largest absolute Gasteiger partial charge is 0.497 e. The fourth-order valence-electron chi connectivity index (χ4n) is 3.40. The molecule has 0 unspecified atom stereocenters. The lowest BCUT2D eigenvalue weighted by Gasteiger charge is -2.29. The minimum Gasteiger partial charge on any atom is -0.497 e. The second-order valence-corrected chi connectivity index (χ2v) is 8.84. The molecule has 182 valence electrons. The molecule has 0 spiro atoms. The van der Waals surface area contributed by atoms with Crippen molar-refractivity contribution in [2.75, 3.05) is 23.9 Å². The van der Waals surface area contributed by atoms with Crippen LogP contribution in [-0.2, 0) is 14.4 Å². The Kier molecular flexibility index (Phi) is 7.77. The zero-order chi connectivity index (χ0) is 25.7. The van der Waals surface area contributed by atoms with E-state index in [-0.39, 0.29) is 23.2 Å². The number of hydrogen-bond donors (Lipinski definition) is 2. The predicted octanol–water partition coefficient (Wildman–Crippen LogP) is 4.31. The number of benzene rings is 3. The van der Waals surface area contributed by atoms with Gasteiger partial charge in [-0.05, 0) is 72.9 Å². The summed E-state index contributed by atoms with van der Waals surface area (Å²) in [5.41, 5.74) is 1.42. The second kappa shape index (κ2) is 11.1. The van der Waals surface area contributed by atoms with Crippen molar-refractivity contribution in [3.63, 3.8) is 0 Å². The van der Waals surface area contributed by atoms with Crippen molar-refractivity contribution in [3.8, 4) is 11.5 Å². The van der Waals surface area contributed by atoms with Gasteiger partial charge in [0.1, 0.15) is 17.1 Å². The zero-order valence-electron chi connectivity index (χ0n) is 19.0. The molecule has 0 aliphatic carbocycles. The molecule has 0 bridgehead atoms. The highest BCUT2D eigenvalue weighted by atomic mass is 79.9. The van der Waals surface area contributed by atoms with Gasteiger partial charge in [-0.2, -0.15) is 0 Å². The highest BCUT2D eigenvalue weighted by Gasteiger charge is 2.34. The Labute approximate surface area is 221 Å². The number of ether oxygens (including phenoxy) is 2. The number of nitrogens with zero attached hydrogens (tertiary/aromatic N) is 1. The predicted molar refractivity (Wildman–Crippen MR) is 144 cm³/mol. The smallest absolute Gasteiger partial charge is 0.270 e. The van der Waals surface area contributed by atoms with Gasteiger partial charge in [0.05, 0.1) is 12.8 Å². The summed E-state index contributed by atoms with van der Waals surface area (Å²) in [5, 5.41) is 5.28. The van der Waals surface area contributed by atoms with E-state index in [4.69, 9.17) is 21.7 Å². The molecule has 8 nitrogen and oxygen atoms in total.